The van der Waals surface area contributed by atoms with Crippen LogP contribution in [0.15, 0.2) is 24.3 Å². The molecule has 4 nitrogen and oxygen atoms in total. The molecule has 4 heteroatoms. The third-order valence-electron chi connectivity index (χ3n) is 8.47. The van der Waals surface area contributed by atoms with Crippen molar-refractivity contribution in [1.82, 2.24) is 0 Å². The molecule has 1 rings (SSSR count). The van der Waals surface area contributed by atoms with Gasteiger partial charge in [0, 0.05) is 24.2 Å². The molecular weight excluding hydrogens is 516 g/mol. The summed E-state index contributed by atoms with van der Waals surface area (Å²) in [5.41, 5.74) is 1.59. The fourth-order valence-corrected chi connectivity index (χ4v) is 5.69. The topological polar surface area (TPSA) is 58.2 Å². The Bertz CT molecular complexity index is 683. The van der Waals surface area contributed by atoms with Gasteiger partial charge < -0.3 is 10.6 Å². The summed E-state index contributed by atoms with van der Waals surface area (Å²) >= 11 is 0. The average Bonchev–Trinajstić information content (AvgIpc) is 2.99. The first-order valence-electron chi connectivity index (χ1n) is 18.4. The number of amides is 2. The van der Waals surface area contributed by atoms with Gasteiger partial charge in [0.2, 0.25) is 11.8 Å². The molecule has 1 aromatic rings. The van der Waals surface area contributed by atoms with Crippen LogP contribution >= 0.6 is 0 Å². The second kappa shape index (κ2) is 29.2. The SMILES string of the molecule is CCCCCCCCCCCCCCCC(=O)Nc1ccc(NC(=O)CCCCCCCCCCCCCCC)cc1. The van der Waals surface area contributed by atoms with E-state index in [1.165, 1.54) is 141 Å². The van der Waals surface area contributed by atoms with Gasteiger partial charge in [0.25, 0.3) is 0 Å². The average molecular weight is 585 g/mol. The molecule has 0 radical (unpaired) electrons. The standard InChI is InChI=1S/C38H68N2O2/c1-3-5-7-9-11-13-15-17-19-21-23-25-27-29-37(41)39-35-31-33-36(34-32-35)40-38(42)30-28-26-24-22-20-18-16-14-12-10-8-6-4-2/h31-34H,3-30H2,1-2H3,(H,39,41)(H,40,42). The Kier molecular flexibility index (Phi) is 26.6. The van der Waals surface area contributed by atoms with Crippen LogP contribution in [0.1, 0.15) is 194 Å². The number of carbonyl (C=O) groups is 2. The number of unbranched alkanes of at least 4 members (excludes halogenated alkanes) is 24. The molecule has 0 fully saturated rings. The van der Waals surface area contributed by atoms with Crippen molar-refractivity contribution in [3.8, 4) is 0 Å². The van der Waals surface area contributed by atoms with Crippen LogP contribution in [0.25, 0.3) is 0 Å². The molecule has 242 valence electrons. The van der Waals surface area contributed by atoms with Crippen LogP contribution in [-0.2, 0) is 9.59 Å². The first-order valence-corrected chi connectivity index (χ1v) is 18.4. The van der Waals surface area contributed by atoms with Crippen molar-refractivity contribution in [2.24, 2.45) is 0 Å². The number of hydrogen-bond donors (Lipinski definition) is 2. The molecular formula is C38H68N2O2. The molecule has 0 saturated heterocycles. The Labute approximate surface area is 261 Å². The second-order valence-electron chi connectivity index (χ2n) is 12.7. The van der Waals surface area contributed by atoms with Gasteiger partial charge in [-0.15, -0.1) is 0 Å². The Hall–Kier alpha value is -1.84. The van der Waals surface area contributed by atoms with E-state index in [2.05, 4.69) is 24.5 Å². The molecule has 0 saturated carbocycles. The quantitative estimate of drug-likeness (QED) is 0.0883. The van der Waals surface area contributed by atoms with Gasteiger partial charge in [-0.2, -0.15) is 0 Å². The third-order valence-corrected chi connectivity index (χ3v) is 8.47. The van der Waals surface area contributed by atoms with Gasteiger partial charge in [0.15, 0.2) is 0 Å². The largest absolute Gasteiger partial charge is 0.326 e. The van der Waals surface area contributed by atoms with Crippen LogP contribution in [0, 0.1) is 0 Å². The molecule has 0 atom stereocenters. The molecule has 0 aromatic heterocycles. The van der Waals surface area contributed by atoms with Crippen molar-refractivity contribution < 1.29 is 9.59 Å². The summed E-state index contributed by atoms with van der Waals surface area (Å²) in [6, 6.07) is 7.51. The van der Waals surface area contributed by atoms with Gasteiger partial charge in [-0.3, -0.25) is 9.59 Å². The van der Waals surface area contributed by atoms with E-state index in [-0.39, 0.29) is 11.8 Å². The van der Waals surface area contributed by atoms with Crippen LogP contribution in [0.2, 0.25) is 0 Å². The molecule has 0 spiro atoms. The van der Waals surface area contributed by atoms with E-state index in [4.69, 9.17) is 0 Å². The van der Waals surface area contributed by atoms with Crippen molar-refractivity contribution in [2.75, 3.05) is 10.6 Å². The number of rotatable bonds is 30. The molecule has 0 unspecified atom stereocenters. The predicted octanol–water partition coefficient (Wildman–Crippen LogP) is 12.5. The molecule has 2 N–H and O–H groups in total. The molecule has 0 aliphatic rings. The van der Waals surface area contributed by atoms with Crippen LogP contribution in [0.4, 0.5) is 11.4 Å². The zero-order valence-electron chi connectivity index (χ0n) is 27.9. The molecule has 0 aliphatic carbocycles. The second-order valence-corrected chi connectivity index (χ2v) is 12.7. The molecule has 0 aliphatic heterocycles. The smallest absolute Gasteiger partial charge is 0.224 e. The van der Waals surface area contributed by atoms with Crippen molar-refractivity contribution in [1.29, 1.82) is 0 Å². The van der Waals surface area contributed by atoms with Crippen LogP contribution in [0.3, 0.4) is 0 Å². The summed E-state index contributed by atoms with van der Waals surface area (Å²) in [7, 11) is 0. The minimum Gasteiger partial charge on any atom is -0.326 e. The van der Waals surface area contributed by atoms with Crippen LogP contribution in [-0.4, -0.2) is 11.8 Å². The maximum atomic E-state index is 12.3. The lowest BCUT2D eigenvalue weighted by molar-refractivity contribution is -0.117. The highest BCUT2D eigenvalue weighted by Gasteiger charge is 2.05. The van der Waals surface area contributed by atoms with Crippen molar-refractivity contribution >= 4 is 23.2 Å². The van der Waals surface area contributed by atoms with Gasteiger partial charge in [0.1, 0.15) is 0 Å². The van der Waals surface area contributed by atoms with Gasteiger partial charge in [-0.05, 0) is 37.1 Å². The number of carbonyl (C=O) groups excluding carboxylic acids is 2. The fourth-order valence-electron chi connectivity index (χ4n) is 5.69. The maximum Gasteiger partial charge on any atom is 0.224 e. The fraction of sp³-hybridized carbons (Fsp3) is 0.789. The molecule has 42 heavy (non-hydrogen) atoms. The molecule has 2 amide bonds. The highest BCUT2D eigenvalue weighted by Crippen LogP contribution is 2.17. The van der Waals surface area contributed by atoms with Crippen LogP contribution < -0.4 is 10.6 Å². The first kappa shape index (κ1) is 38.2. The van der Waals surface area contributed by atoms with Gasteiger partial charge >= 0.3 is 0 Å². The summed E-state index contributed by atoms with van der Waals surface area (Å²) in [5.74, 6) is 0.162. The number of hydrogen-bond acceptors (Lipinski definition) is 2. The van der Waals surface area contributed by atoms with Crippen molar-refractivity contribution in [3.05, 3.63) is 24.3 Å². The van der Waals surface area contributed by atoms with Gasteiger partial charge in [-0.25, -0.2) is 0 Å². The lowest BCUT2D eigenvalue weighted by Crippen LogP contribution is -2.12. The Morgan fingerprint density at radius 1 is 0.381 bits per heavy atom. The Balaban J connectivity index is 1.96. The van der Waals surface area contributed by atoms with E-state index < -0.39 is 0 Å². The lowest BCUT2D eigenvalue weighted by atomic mass is 10.0. The summed E-state index contributed by atoms with van der Waals surface area (Å²) in [6.07, 6.45) is 35.3. The highest BCUT2D eigenvalue weighted by molar-refractivity contribution is 5.92. The molecule has 0 heterocycles. The highest BCUT2D eigenvalue weighted by atomic mass is 16.2. The Morgan fingerprint density at radius 3 is 0.833 bits per heavy atom. The lowest BCUT2D eigenvalue weighted by Gasteiger charge is -2.08. The van der Waals surface area contributed by atoms with Crippen molar-refractivity contribution in [3.63, 3.8) is 0 Å². The number of anilines is 2. The van der Waals surface area contributed by atoms with Gasteiger partial charge in [0.05, 0.1) is 0 Å². The normalized spacial score (nSPS) is 11.1. The van der Waals surface area contributed by atoms with Gasteiger partial charge in [-0.1, -0.05) is 168 Å². The predicted molar refractivity (Wildman–Crippen MR) is 184 cm³/mol. The summed E-state index contributed by atoms with van der Waals surface area (Å²) in [5, 5.41) is 5.99. The van der Waals surface area contributed by atoms with E-state index in [1.807, 2.05) is 24.3 Å². The van der Waals surface area contributed by atoms with Crippen LogP contribution in [0.5, 0.6) is 0 Å². The number of benzene rings is 1. The minimum absolute atomic E-state index is 0.0808. The third kappa shape index (κ3) is 24.7. The maximum absolute atomic E-state index is 12.3. The van der Waals surface area contributed by atoms with E-state index >= 15 is 0 Å². The van der Waals surface area contributed by atoms with E-state index in [9.17, 15) is 9.59 Å². The Morgan fingerprint density at radius 2 is 0.595 bits per heavy atom. The van der Waals surface area contributed by atoms with E-state index in [0.29, 0.717) is 12.8 Å². The number of nitrogens with one attached hydrogen (secondary N) is 2. The van der Waals surface area contributed by atoms with E-state index in [0.717, 1.165) is 37.1 Å². The molecule has 0 bridgehead atoms. The molecule has 1 aromatic carbocycles. The summed E-state index contributed by atoms with van der Waals surface area (Å²) in [6.45, 7) is 4.55. The summed E-state index contributed by atoms with van der Waals surface area (Å²) in [4.78, 5) is 24.6. The summed E-state index contributed by atoms with van der Waals surface area (Å²) < 4.78 is 0. The van der Waals surface area contributed by atoms with Crippen molar-refractivity contribution in [2.45, 2.75) is 194 Å². The first-order chi connectivity index (χ1) is 20.7. The monoisotopic (exact) mass is 585 g/mol. The van der Waals surface area contributed by atoms with E-state index in [1.54, 1.807) is 0 Å². The zero-order chi connectivity index (χ0) is 30.4. The minimum atomic E-state index is 0.0808. The zero-order valence-corrected chi connectivity index (χ0v) is 27.9.